The van der Waals surface area contributed by atoms with Gasteiger partial charge in [0.15, 0.2) is 11.5 Å². The summed E-state index contributed by atoms with van der Waals surface area (Å²) in [5, 5.41) is 11.3. The smallest absolute Gasteiger partial charge is 0.167 e. The number of hydrogen-bond acceptors (Lipinski definition) is 5. The zero-order chi connectivity index (χ0) is 19.7. The van der Waals surface area contributed by atoms with Gasteiger partial charge in [0.2, 0.25) is 0 Å². The van der Waals surface area contributed by atoms with E-state index in [9.17, 15) is 5.11 Å². The monoisotopic (exact) mass is 452 g/mol. The van der Waals surface area contributed by atoms with E-state index in [1.54, 1.807) is 23.6 Å². The maximum atomic E-state index is 10.3. The average molecular weight is 453 g/mol. The number of aliphatic imine (C=N–C) groups is 1. The molecule has 0 spiro atoms. The second-order valence-electron chi connectivity index (χ2n) is 6.31. The molecule has 1 N–H and O–H groups in total. The summed E-state index contributed by atoms with van der Waals surface area (Å²) in [6.45, 7) is 2.09. The lowest BCUT2D eigenvalue weighted by Crippen LogP contribution is -1.90. The molecule has 0 atom stereocenters. The van der Waals surface area contributed by atoms with Crippen LogP contribution in [-0.4, -0.2) is 23.4 Å². The number of rotatable bonds is 4. The summed E-state index contributed by atoms with van der Waals surface area (Å²) >= 11 is 5.12. The minimum atomic E-state index is 0.0574. The van der Waals surface area contributed by atoms with Gasteiger partial charge in [0.1, 0.15) is 5.01 Å². The molecule has 1 heterocycles. The van der Waals surface area contributed by atoms with Gasteiger partial charge in [-0.15, -0.1) is 11.3 Å². The SMILES string of the molecule is COc1ccc(Br)c(C=Nc2ccc(-c3nc4ccc(C)cc4s3)cc2)c1O. The molecule has 1 aromatic heterocycles. The molecule has 0 saturated heterocycles. The summed E-state index contributed by atoms with van der Waals surface area (Å²) in [6, 6.07) is 17.7. The van der Waals surface area contributed by atoms with Crippen LogP contribution in [0.1, 0.15) is 11.1 Å². The lowest BCUT2D eigenvalue weighted by Gasteiger charge is -2.07. The number of fused-ring (bicyclic) bond motifs is 1. The minimum absolute atomic E-state index is 0.0574. The first-order chi connectivity index (χ1) is 13.5. The number of benzene rings is 3. The van der Waals surface area contributed by atoms with Crippen molar-refractivity contribution in [3.63, 3.8) is 0 Å². The summed E-state index contributed by atoms with van der Waals surface area (Å²) in [7, 11) is 1.52. The molecule has 140 valence electrons. The van der Waals surface area contributed by atoms with Crippen LogP contribution in [0.3, 0.4) is 0 Å². The van der Waals surface area contributed by atoms with E-state index in [4.69, 9.17) is 9.72 Å². The molecule has 0 aliphatic heterocycles. The third kappa shape index (κ3) is 3.66. The highest BCUT2D eigenvalue weighted by molar-refractivity contribution is 9.10. The number of methoxy groups -OCH3 is 1. The molecule has 0 unspecified atom stereocenters. The van der Waals surface area contributed by atoms with Gasteiger partial charge in [-0.2, -0.15) is 0 Å². The molecule has 0 radical (unpaired) electrons. The zero-order valence-electron chi connectivity index (χ0n) is 15.3. The molecule has 0 amide bonds. The largest absolute Gasteiger partial charge is 0.504 e. The maximum absolute atomic E-state index is 10.3. The second kappa shape index (κ2) is 7.73. The summed E-state index contributed by atoms with van der Waals surface area (Å²) in [6.07, 6.45) is 1.62. The number of phenolic OH excluding ortho intramolecular Hbond substituents is 1. The maximum Gasteiger partial charge on any atom is 0.167 e. The number of aromatic nitrogens is 1. The van der Waals surface area contributed by atoms with Crippen LogP contribution in [-0.2, 0) is 0 Å². The van der Waals surface area contributed by atoms with Crippen LogP contribution in [0.25, 0.3) is 20.8 Å². The summed E-state index contributed by atoms with van der Waals surface area (Å²) in [5.74, 6) is 0.466. The van der Waals surface area contributed by atoms with Crippen molar-refractivity contribution in [2.75, 3.05) is 7.11 Å². The quantitative estimate of drug-likeness (QED) is 0.359. The summed E-state index contributed by atoms with van der Waals surface area (Å²) in [4.78, 5) is 9.19. The predicted octanol–water partition coefficient (Wildman–Crippen LogP) is 6.50. The molecule has 0 saturated carbocycles. The zero-order valence-corrected chi connectivity index (χ0v) is 17.7. The number of thiazole rings is 1. The van der Waals surface area contributed by atoms with Gasteiger partial charge in [-0.1, -0.05) is 6.07 Å². The van der Waals surface area contributed by atoms with E-state index in [1.807, 2.05) is 30.3 Å². The van der Waals surface area contributed by atoms with Gasteiger partial charge in [-0.25, -0.2) is 4.98 Å². The van der Waals surface area contributed by atoms with Crippen LogP contribution in [0.4, 0.5) is 5.69 Å². The molecular formula is C22H17BrN2O2S. The topological polar surface area (TPSA) is 54.7 Å². The number of nitrogens with zero attached hydrogens (tertiary/aromatic N) is 2. The Balaban J connectivity index is 1.60. The molecule has 0 bridgehead atoms. The fraction of sp³-hybridized carbons (Fsp3) is 0.0909. The van der Waals surface area contributed by atoms with E-state index in [2.05, 4.69) is 46.0 Å². The Morgan fingerprint density at radius 1 is 1.11 bits per heavy atom. The van der Waals surface area contributed by atoms with Crippen LogP contribution in [0, 0.1) is 6.92 Å². The number of phenols is 1. The van der Waals surface area contributed by atoms with Gasteiger partial charge < -0.3 is 9.84 Å². The number of halogens is 1. The fourth-order valence-corrected chi connectivity index (χ4v) is 4.33. The molecule has 0 fully saturated rings. The minimum Gasteiger partial charge on any atom is -0.504 e. The van der Waals surface area contributed by atoms with E-state index in [0.717, 1.165) is 26.2 Å². The highest BCUT2D eigenvalue weighted by Crippen LogP contribution is 2.35. The van der Waals surface area contributed by atoms with Gasteiger partial charge in [0, 0.05) is 16.3 Å². The Hall–Kier alpha value is -2.70. The highest BCUT2D eigenvalue weighted by Gasteiger charge is 2.10. The first-order valence-electron chi connectivity index (χ1n) is 8.62. The van der Waals surface area contributed by atoms with Crippen molar-refractivity contribution in [2.45, 2.75) is 6.92 Å². The Bertz CT molecular complexity index is 1180. The summed E-state index contributed by atoms with van der Waals surface area (Å²) < 4.78 is 7.09. The normalized spacial score (nSPS) is 11.4. The lowest BCUT2D eigenvalue weighted by molar-refractivity contribution is 0.373. The number of ether oxygens (including phenoxy) is 1. The molecule has 0 aliphatic rings. The first-order valence-corrected chi connectivity index (χ1v) is 10.2. The molecule has 4 rings (SSSR count). The third-order valence-electron chi connectivity index (χ3n) is 4.35. The number of hydrogen-bond donors (Lipinski definition) is 1. The van der Waals surface area contributed by atoms with E-state index < -0.39 is 0 Å². The van der Waals surface area contributed by atoms with Gasteiger partial charge in [0.05, 0.1) is 28.6 Å². The van der Waals surface area contributed by atoms with E-state index in [-0.39, 0.29) is 5.75 Å². The van der Waals surface area contributed by atoms with Crippen LogP contribution >= 0.6 is 27.3 Å². The average Bonchev–Trinajstić information content (AvgIpc) is 3.11. The van der Waals surface area contributed by atoms with Gasteiger partial charge >= 0.3 is 0 Å². The van der Waals surface area contributed by atoms with Gasteiger partial charge in [-0.05, 0) is 76.9 Å². The molecule has 3 aromatic carbocycles. The van der Waals surface area contributed by atoms with Crippen LogP contribution in [0.2, 0.25) is 0 Å². The molecule has 4 aromatic rings. The molecule has 28 heavy (non-hydrogen) atoms. The van der Waals surface area contributed by atoms with E-state index in [1.165, 1.54) is 17.4 Å². The fourth-order valence-electron chi connectivity index (χ4n) is 2.84. The highest BCUT2D eigenvalue weighted by atomic mass is 79.9. The van der Waals surface area contributed by atoms with E-state index >= 15 is 0 Å². The predicted molar refractivity (Wildman–Crippen MR) is 119 cm³/mol. The van der Waals surface area contributed by atoms with Gasteiger partial charge in [-0.3, -0.25) is 4.99 Å². The third-order valence-corrected chi connectivity index (χ3v) is 6.11. The lowest BCUT2D eigenvalue weighted by atomic mass is 10.2. The Morgan fingerprint density at radius 3 is 2.64 bits per heavy atom. The van der Waals surface area contributed by atoms with Crippen molar-refractivity contribution in [3.8, 4) is 22.1 Å². The molecule has 0 aliphatic carbocycles. The Labute approximate surface area is 175 Å². The van der Waals surface area contributed by atoms with Crippen molar-refractivity contribution in [3.05, 3.63) is 70.2 Å². The van der Waals surface area contributed by atoms with Crippen LogP contribution < -0.4 is 4.74 Å². The van der Waals surface area contributed by atoms with Crippen molar-refractivity contribution in [2.24, 2.45) is 4.99 Å². The van der Waals surface area contributed by atoms with Crippen molar-refractivity contribution in [1.82, 2.24) is 4.98 Å². The van der Waals surface area contributed by atoms with Crippen LogP contribution in [0.5, 0.6) is 11.5 Å². The number of aromatic hydroxyl groups is 1. The van der Waals surface area contributed by atoms with Gasteiger partial charge in [0.25, 0.3) is 0 Å². The van der Waals surface area contributed by atoms with E-state index in [0.29, 0.717) is 11.3 Å². The van der Waals surface area contributed by atoms with Crippen molar-refractivity contribution < 1.29 is 9.84 Å². The van der Waals surface area contributed by atoms with Crippen LogP contribution in [0.15, 0.2) is 64.1 Å². The van der Waals surface area contributed by atoms with Crippen molar-refractivity contribution in [1.29, 1.82) is 0 Å². The molecule has 6 heteroatoms. The van der Waals surface area contributed by atoms with Crippen molar-refractivity contribution >= 4 is 49.4 Å². The Kier molecular flexibility index (Phi) is 5.15. The number of aryl methyl sites for hydroxylation is 1. The summed E-state index contributed by atoms with van der Waals surface area (Å²) in [5.41, 5.74) is 4.67. The molecule has 4 nitrogen and oxygen atoms in total. The second-order valence-corrected chi connectivity index (χ2v) is 8.19. The molecular weight excluding hydrogens is 436 g/mol. The first kappa shape index (κ1) is 18.7. The Morgan fingerprint density at radius 2 is 1.89 bits per heavy atom. The standard InChI is InChI=1S/C22H17BrN2O2S/c1-13-3-9-18-20(11-13)28-22(25-18)14-4-6-15(7-5-14)24-12-16-17(23)8-10-19(27-2)21(16)26/h3-12,26H,1-2H3.